The zero-order valence-corrected chi connectivity index (χ0v) is 4.85. The van der Waals surface area contributed by atoms with E-state index in [1.54, 1.807) is 0 Å². The van der Waals surface area contributed by atoms with Crippen molar-refractivity contribution in [3.63, 3.8) is 0 Å². The van der Waals surface area contributed by atoms with Gasteiger partial charge in [-0.2, -0.15) is 0 Å². The van der Waals surface area contributed by atoms with Crippen LogP contribution in [-0.2, 0) is 4.74 Å². The molecule has 2 nitrogen and oxygen atoms in total. The molecule has 42 valence electrons. The lowest BCUT2D eigenvalue weighted by Gasteiger charge is -2.10. The Bertz CT molecular complexity index is 57.1. The van der Waals surface area contributed by atoms with Crippen LogP contribution in [0.3, 0.4) is 0 Å². The van der Waals surface area contributed by atoms with Crippen molar-refractivity contribution in [2.45, 2.75) is 13.2 Å². The molecule has 1 aliphatic heterocycles. The van der Waals surface area contributed by atoms with Crippen LogP contribution in [0.5, 0.6) is 0 Å². The summed E-state index contributed by atoms with van der Waals surface area (Å²) in [6, 6.07) is 0. The summed E-state index contributed by atoms with van der Waals surface area (Å²) < 4.78 is 5.19. The Morgan fingerprint density at radius 2 is 2.43 bits per heavy atom. The van der Waals surface area contributed by atoms with Gasteiger partial charge in [-0.1, -0.05) is 0 Å². The van der Waals surface area contributed by atoms with E-state index in [9.17, 15) is 0 Å². The zero-order valence-electron chi connectivity index (χ0n) is 4.85. The second-order valence-corrected chi connectivity index (χ2v) is 1.95. The van der Waals surface area contributed by atoms with Crippen molar-refractivity contribution in [1.29, 1.82) is 0 Å². The van der Waals surface area contributed by atoms with Crippen molar-refractivity contribution in [2.24, 2.45) is 0 Å². The fourth-order valence-electron chi connectivity index (χ4n) is 0.676. The highest BCUT2D eigenvalue weighted by Crippen LogP contribution is 2.03. The monoisotopic (exact) mass is 101 g/mol. The normalized spacial score (nSPS) is 34.3. The number of likely N-dealkylation sites (N-methyl/N-ethyl adjacent to an activating group) is 1. The predicted molar refractivity (Wildman–Crippen MR) is 28.0 cm³/mol. The third kappa shape index (κ3) is 0.924. The second kappa shape index (κ2) is 1.80. The van der Waals surface area contributed by atoms with Gasteiger partial charge < -0.3 is 4.74 Å². The molecule has 0 amide bonds. The first-order valence-corrected chi connectivity index (χ1v) is 2.62. The van der Waals surface area contributed by atoms with Crippen molar-refractivity contribution < 1.29 is 4.74 Å². The molecule has 1 unspecified atom stereocenters. The first kappa shape index (κ1) is 5.06. The topological polar surface area (TPSA) is 12.5 Å². The molecule has 7 heavy (non-hydrogen) atoms. The Hall–Kier alpha value is -0.0800. The fraction of sp³-hybridized carbons (Fsp3) is 1.00. The summed E-state index contributed by atoms with van der Waals surface area (Å²) in [4.78, 5) is 2.18. The number of hydrogen-bond donors (Lipinski definition) is 0. The Morgan fingerprint density at radius 3 is 2.57 bits per heavy atom. The van der Waals surface area contributed by atoms with Gasteiger partial charge in [-0.3, -0.25) is 4.90 Å². The van der Waals surface area contributed by atoms with Crippen LogP contribution in [-0.4, -0.2) is 31.3 Å². The summed E-state index contributed by atoms with van der Waals surface area (Å²) >= 11 is 0. The van der Waals surface area contributed by atoms with Gasteiger partial charge in [0.1, 0.15) is 6.23 Å². The molecule has 2 heteroatoms. The molecule has 1 aliphatic rings. The standard InChI is InChI=1S/C5H11NO/c1-5-6(2)3-4-7-5/h5H,3-4H2,1-2H3. The summed E-state index contributed by atoms with van der Waals surface area (Å²) in [5.41, 5.74) is 0. The highest BCUT2D eigenvalue weighted by atomic mass is 16.5. The summed E-state index contributed by atoms with van der Waals surface area (Å²) in [6.45, 7) is 4.05. The lowest BCUT2D eigenvalue weighted by atomic mass is 10.6. The second-order valence-electron chi connectivity index (χ2n) is 1.95. The third-order valence-electron chi connectivity index (χ3n) is 1.42. The van der Waals surface area contributed by atoms with Gasteiger partial charge in [0.2, 0.25) is 0 Å². The summed E-state index contributed by atoms with van der Waals surface area (Å²) in [5, 5.41) is 0. The van der Waals surface area contributed by atoms with Crippen molar-refractivity contribution in [1.82, 2.24) is 4.90 Å². The van der Waals surface area contributed by atoms with Gasteiger partial charge in [0.25, 0.3) is 0 Å². The largest absolute Gasteiger partial charge is 0.362 e. The summed E-state index contributed by atoms with van der Waals surface area (Å²) in [5.74, 6) is 0. The molecule has 1 heterocycles. The number of hydrogen-bond acceptors (Lipinski definition) is 2. The quantitative estimate of drug-likeness (QED) is 0.435. The first-order valence-electron chi connectivity index (χ1n) is 2.62. The van der Waals surface area contributed by atoms with Crippen LogP contribution >= 0.6 is 0 Å². The molecule has 1 rings (SSSR count). The van der Waals surface area contributed by atoms with E-state index in [1.807, 2.05) is 0 Å². The lowest BCUT2D eigenvalue weighted by Crippen LogP contribution is -2.21. The molecule has 0 spiro atoms. The van der Waals surface area contributed by atoms with E-state index in [4.69, 9.17) is 4.74 Å². The SMILES string of the molecule is CC1OCCN1C. The molecule has 0 saturated carbocycles. The van der Waals surface area contributed by atoms with E-state index in [1.165, 1.54) is 0 Å². The maximum absolute atomic E-state index is 5.19. The van der Waals surface area contributed by atoms with Crippen LogP contribution in [0.25, 0.3) is 0 Å². The van der Waals surface area contributed by atoms with Gasteiger partial charge in [-0.25, -0.2) is 0 Å². The Balaban J connectivity index is 2.33. The number of ether oxygens (including phenoxy) is 1. The minimum atomic E-state index is 0.347. The van der Waals surface area contributed by atoms with E-state index in [0.29, 0.717) is 6.23 Å². The minimum absolute atomic E-state index is 0.347. The van der Waals surface area contributed by atoms with Crippen molar-refractivity contribution in [3.05, 3.63) is 0 Å². The molecule has 0 aromatic carbocycles. The van der Waals surface area contributed by atoms with Gasteiger partial charge in [0.15, 0.2) is 0 Å². The number of nitrogens with zero attached hydrogens (tertiary/aromatic N) is 1. The molecule has 0 N–H and O–H groups in total. The van der Waals surface area contributed by atoms with Crippen molar-refractivity contribution in [3.8, 4) is 0 Å². The van der Waals surface area contributed by atoms with Crippen LogP contribution in [0.2, 0.25) is 0 Å². The third-order valence-corrected chi connectivity index (χ3v) is 1.42. The van der Waals surface area contributed by atoms with Crippen LogP contribution in [0.1, 0.15) is 6.92 Å². The first-order chi connectivity index (χ1) is 3.30. The average Bonchev–Trinajstić information content (AvgIpc) is 1.91. The highest BCUT2D eigenvalue weighted by Gasteiger charge is 2.14. The predicted octanol–water partition coefficient (Wildman–Crippen LogP) is 0.294. The van der Waals surface area contributed by atoms with Gasteiger partial charge in [0.05, 0.1) is 6.61 Å². The molecular formula is C5H11NO. The average molecular weight is 101 g/mol. The smallest absolute Gasteiger partial charge is 0.107 e. The minimum Gasteiger partial charge on any atom is -0.362 e. The van der Waals surface area contributed by atoms with Crippen LogP contribution in [0, 0.1) is 0 Å². The Morgan fingerprint density at radius 1 is 1.71 bits per heavy atom. The van der Waals surface area contributed by atoms with Crippen LogP contribution in [0.4, 0.5) is 0 Å². The fourth-order valence-corrected chi connectivity index (χ4v) is 0.676. The van der Waals surface area contributed by atoms with Crippen molar-refractivity contribution in [2.75, 3.05) is 20.2 Å². The Kier molecular flexibility index (Phi) is 1.30. The summed E-state index contributed by atoms with van der Waals surface area (Å²) in [6.07, 6.45) is 0.347. The molecule has 0 aromatic rings. The van der Waals surface area contributed by atoms with E-state index in [-0.39, 0.29) is 0 Å². The van der Waals surface area contributed by atoms with E-state index in [0.717, 1.165) is 13.2 Å². The van der Waals surface area contributed by atoms with Crippen LogP contribution in [0.15, 0.2) is 0 Å². The van der Waals surface area contributed by atoms with Gasteiger partial charge in [-0.05, 0) is 14.0 Å². The van der Waals surface area contributed by atoms with Crippen LogP contribution < -0.4 is 0 Å². The number of rotatable bonds is 0. The van der Waals surface area contributed by atoms with E-state index >= 15 is 0 Å². The maximum Gasteiger partial charge on any atom is 0.107 e. The molecule has 0 aliphatic carbocycles. The maximum atomic E-state index is 5.19. The molecule has 0 aromatic heterocycles. The molecular weight excluding hydrogens is 90.1 g/mol. The van der Waals surface area contributed by atoms with Gasteiger partial charge >= 0.3 is 0 Å². The van der Waals surface area contributed by atoms with Gasteiger partial charge in [0, 0.05) is 6.54 Å². The molecule has 1 saturated heterocycles. The highest BCUT2D eigenvalue weighted by molar-refractivity contribution is 4.58. The molecule has 0 radical (unpaired) electrons. The van der Waals surface area contributed by atoms with E-state index in [2.05, 4.69) is 18.9 Å². The molecule has 1 atom stereocenters. The van der Waals surface area contributed by atoms with Crippen molar-refractivity contribution >= 4 is 0 Å². The Labute approximate surface area is 44.1 Å². The van der Waals surface area contributed by atoms with Gasteiger partial charge in [-0.15, -0.1) is 0 Å². The summed E-state index contributed by atoms with van der Waals surface area (Å²) in [7, 11) is 2.07. The lowest BCUT2D eigenvalue weighted by molar-refractivity contribution is 0.0625. The van der Waals surface area contributed by atoms with E-state index < -0.39 is 0 Å². The zero-order chi connectivity index (χ0) is 5.28. The molecule has 1 fully saturated rings. The molecule has 0 bridgehead atoms.